The molecule has 1 aromatic heterocycles. The Kier molecular flexibility index (Phi) is 4.73. The monoisotopic (exact) mass is 419 g/mol. The van der Waals surface area contributed by atoms with Gasteiger partial charge in [0.25, 0.3) is 0 Å². The van der Waals surface area contributed by atoms with Crippen molar-refractivity contribution < 1.29 is 13.5 Å². The molecule has 0 aliphatic heterocycles. The molecule has 0 saturated heterocycles. The van der Waals surface area contributed by atoms with Gasteiger partial charge in [0.1, 0.15) is 4.90 Å². The molecule has 8 heteroatoms. The van der Waals surface area contributed by atoms with E-state index >= 15 is 0 Å². The van der Waals surface area contributed by atoms with Gasteiger partial charge in [0.05, 0.1) is 18.7 Å². The molecule has 2 N–H and O–H groups in total. The minimum absolute atomic E-state index is 0.164. The molecule has 0 spiro atoms. The molecule has 0 saturated carbocycles. The number of aliphatic hydroxyl groups is 1. The summed E-state index contributed by atoms with van der Waals surface area (Å²) in [7, 11) is -3.69. The Balaban J connectivity index is 3.15. The molecule has 0 bridgehead atoms. The van der Waals surface area contributed by atoms with Gasteiger partial charge in [-0.1, -0.05) is 0 Å². The minimum Gasteiger partial charge on any atom is -0.389 e. The summed E-state index contributed by atoms with van der Waals surface area (Å²) in [5.74, 6) is 0. The third-order valence-electron chi connectivity index (χ3n) is 2.83. The molecular weight excluding hydrogens is 406 g/mol. The molecule has 1 heterocycles. The number of sulfonamides is 1. The first kappa shape index (κ1) is 16.6. The van der Waals surface area contributed by atoms with Crippen molar-refractivity contribution in [3.8, 4) is 0 Å². The molecule has 0 fully saturated rings. The summed E-state index contributed by atoms with van der Waals surface area (Å²) in [4.78, 5) is 0.164. The van der Waals surface area contributed by atoms with E-state index in [4.69, 9.17) is 0 Å². The third-order valence-corrected chi connectivity index (χ3v) is 7.24. The van der Waals surface area contributed by atoms with Gasteiger partial charge in [0.15, 0.2) is 0 Å². The lowest BCUT2D eigenvalue weighted by molar-refractivity contribution is 0.00638. The van der Waals surface area contributed by atoms with Crippen molar-refractivity contribution in [3.05, 3.63) is 13.6 Å². The molecule has 0 aromatic carbocycles. The van der Waals surface area contributed by atoms with Gasteiger partial charge in [-0.15, -0.1) is 11.3 Å². The van der Waals surface area contributed by atoms with Crippen molar-refractivity contribution in [2.24, 2.45) is 0 Å². The zero-order valence-corrected chi connectivity index (χ0v) is 15.2. The lowest BCUT2D eigenvalue weighted by Gasteiger charge is -2.37. The van der Waals surface area contributed by atoms with Crippen LogP contribution in [0.1, 0.15) is 27.7 Å². The largest absolute Gasteiger partial charge is 0.389 e. The van der Waals surface area contributed by atoms with Crippen LogP contribution in [0.5, 0.6) is 0 Å². The highest BCUT2D eigenvalue weighted by Gasteiger charge is 2.39. The summed E-state index contributed by atoms with van der Waals surface area (Å²) in [5, 5.41) is 9.98. The Hall–Kier alpha value is 0.530. The summed E-state index contributed by atoms with van der Waals surface area (Å²) in [6.45, 7) is 6.40. The van der Waals surface area contributed by atoms with E-state index in [1.54, 1.807) is 27.7 Å². The van der Waals surface area contributed by atoms with E-state index in [1.807, 2.05) is 0 Å². The molecule has 0 unspecified atom stereocenters. The van der Waals surface area contributed by atoms with Crippen LogP contribution >= 0.6 is 43.2 Å². The first-order valence-corrected chi connectivity index (χ1v) is 8.96. The van der Waals surface area contributed by atoms with E-state index in [0.29, 0.717) is 3.79 Å². The smallest absolute Gasteiger partial charge is 0.243 e. The molecule has 0 amide bonds. The van der Waals surface area contributed by atoms with E-state index in [0.717, 1.165) is 3.79 Å². The number of rotatable bonds is 4. The van der Waals surface area contributed by atoms with Crippen LogP contribution in [0.2, 0.25) is 0 Å². The summed E-state index contributed by atoms with van der Waals surface area (Å²) in [6, 6.07) is 1.53. The van der Waals surface area contributed by atoms with Gasteiger partial charge in [-0.2, -0.15) is 0 Å². The van der Waals surface area contributed by atoms with Crippen molar-refractivity contribution in [2.75, 3.05) is 0 Å². The van der Waals surface area contributed by atoms with Gasteiger partial charge in [-0.3, -0.25) is 0 Å². The Bertz CT molecular complexity index is 544. The lowest BCUT2D eigenvalue weighted by Crippen LogP contribution is -2.57. The third kappa shape index (κ3) is 3.55. The highest BCUT2D eigenvalue weighted by Crippen LogP contribution is 2.35. The second-order valence-corrected chi connectivity index (χ2v) is 10.4. The van der Waals surface area contributed by atoms with E-state index in [9.17, 15) is 13.5 Å². The Morgan fingerprint density at radius 3 is 2.11 bits per heavy atom. The number of hydrogen-bond donors (Lipinski definition) is 2. The zero-order valence-electron chi connectivity index (χ0n) is 10.4. The van der Waals surface area contributed by atoms with Crippen molar-refractivity contribution in [3.63, 3.8) is 0 Å². The second-order valence-electron chi connectivity index (χ2n) is 4.98. The molecule has 0 atom stereocenters. The summed E-state index contributed by atoms with van der Waals surface area (Å²) >= 11 is 7.74. The van der Waals surface area contributed by atoms with Gasteiger partial charge in [-0.25, -0.2) is 13.1 Å². The Morgan fingerprint density at radius 2 is 1.78 bits per heavy atom. The summed E-state index contributed by atoms with van der Waals surface area (Å²) < 4.78 is 28.3. The van der Waals surface area contributed by atoms with Crippen molar-refractivity contribution in [1.82, 2.24) is 4.72 Å². The minimum atomic E-state index is -3.69. The van der Waals surface area contributed by atoms with Crippen LogP contribution < -0.4 is 4.72 Å². The fourth-order valence-electron chi connectivity index (χ4n) is 1.02. The number of thiophene rings is 1. The second kappa shape index (κ2) is 5.14. The van der Waals surface area contributed by atoms with Crippen LogP contribution in [0.25, 0.3) is 0 Å². The predicted molar refractivity (Wildman–Crippen MR) is 80.4 cm³/mol. The number of nitrogens with one attached hydrogen (secondary N) is 1. The first-order valence-electron chi connectivity index (χ1n) is 5.08. The fraction of sp³-hybridized carbons (Fsp3) is 0.600. The molecule has 1 aromatic rings. The van der Waals surface area contributed by atoms with E-state index in [-0.39, 0.29) is 4.90 Å². The maximum absolute atomic E-state index is 12.3. The molecule has 0 aliphatic rings. The Morgan fingerprint density at radius 1 is 1.28 bits per heavy atom. The molecular formula is C10H15Br2NO3S2. The Labute approximate surface area is 128 Å². The quantitative estimate of drug-likeness (QED) is 0.786. The van der Waals surface area contributed by atoms with Gasteiger partial charge in [0, 0.05) is 0 Å². The van der Waals surface area contributed by atoms with Crippen LogP contribution in [0.4, 0.5) is 0 Å². The zero-order chi connectivity index (χ0) is 14.4. The fourth-order valence-corrected chi connectivity index (χ4v) is 6.37. The molecule has 0 aliphatic carbocycles. The lowest BCUT2D eigenvalue weighted by atomic mass is 9.87. The van der Waals surface area contributed by atoms with Crippen LogP contribution in [-0.2, 0) is 10.0 Å². The van der Waals surface area contributed by atoms with Crippen LogP contribution in [0.15, 0.2) is 18.5 Å². The van der Waals surface area contributed by atoms with Gasteiger partial charge in [-0.05, 0) is 65.6 Å². The van der Waals surface area contributed by atoms with Crippen LogP contribution in [-0.4, -0.2) is 24.7 Å². The topological polar surface area (TPSA) is 66.4 Å². The van der Waals surface area contributed by atoms with Gasteiger partial charge >= 0.3 is 0 Å². The van der Waals surface area contributed by atoms with E-state index < -0.39 is 21.2 Å². The highest BCUT2D eigenvalue weighted by molar-refractivity contribution is 9.12. The molecule has 104 valence electrons. The normalized spacial score (nSPS) is 13.9. The number of halogens is 2. The van der Waals surface area contributed by atoms with Crippen molar-refractivity contribution >= 4 is 53.2 Å². The van der Waals surface area contributed by atoms with Gasteiger partial charge < -0.3 is 5.11 Å². The molecule has 4 nitrogen and oxygen atoms in total. The van der Waals surface area contributed by atoms with E-state index in [1.165, 1.54) is 17.4 Å². The SMILES string of the molecule is CC(C)(O)C(C)(C)NS(=O)(=O)c1cc(Br)sc1Br. The van der Waals surface area contributed by atoms with Crippen molar-refractivity contribution in [2.45, 2.75) is 43.7 Å². The van der Waals surface area contributed by atoms with Crippen LogP contribution in [0.3, 0.4) is 0 Å². The maximum Gasteiger partial charge on any atom is 0.243 e. The number of hydrogen-bond acceptors (Lipinski definition) is 4. The van der Waals surface area contributed by atoms with Crippen LogP contribution in [0, 0.1) is 0 Å². The average molecular weight is 421 g/mol. The first-order chi connectivity index (χ1) is 7.87. The van der Waals surface area contributed by atoms with Crippen molar-refractivity contribution in [1.29, 1.82) is 0 Å². The van der Waals surface area contributed by atoms with Gasteiger partial charge in [0.2, 0.25) is 10.0 Å². The molecule has 0 radical (unpaired) electrons. The average Bonchev–Trinajstić information content (AvgIpc) is 2.41. The summed E-state index contributed by atoms with van der Waals surface area (Å²) in [5.41, 5.74) is -2.17. The maximum atomic E-state index is 12.3. The highest BCUT2D eigenvalue weighted by atomic mass is 79.9. The van der Waals surface area contributed by atoms with E-state index in [2.05, 4.69) is 36.6 Å². The molecule has 1 rings (SSSR count). The predicted octanol–water partition coefficient (Wildman–Crippen LogP) is 3.10. The summed E-state index contributed by atoms with van der Waals surface area (Å²) in [6.07, 6.45) is 0. The standard InChI is InChI=1S/C10H15Br2NO3S2/c1-9(2,10(3,4)14)13-18(15,16)6-5-7(11)17-8(6)12/h5,13-14H,1-4H3. The molecule has 18 heavy (non-hydrogen) atoms.